The van der Waals surface area contributed by atoms with Gasteiger partial charge in [-0.3, -0.25) is 0 Å². The number of nitrogens with two attached hydrogens (primary N) is 2. The number of primary sulfonamides is 1. The van der Waals surface area contributed by atoms with Crippen LogP contribution < -0.4 is 20.9 Å². The number of methoxy groups -OCH3 is 1. The molecule has 5 N–H and O–H groups in total. The second-order valence-corrected chi connectivity index (χ2v) is 6.24. The Bertz CT molecular complexity index is 778. The van der Waals surface area contributed by atoms with Crippen LogP contribution in [0.3, 0.4) is 0 Å². The van der Waals surface area contributed by atoms with E-state index in [-0.39, 0.29) is 10.6 Å². The Morgan fingerprint density at radius 3 is 2.48 bits per heavy atom. The summed E-state index contributed by atoms with van der Waals surface area (Å²) in [6.45, 7) is 0. The Labute approximate surface area is 127 Å². The zero-order valence-electron chi connectivity index (χ0n) is 11.1. The van der Waals surface area contributed by atoms with Crippen molar-refractivity contribution in [1.29, 1.82) is 0 Å². The second kappa shape index (κ2) is 5.80. The minimum Gasteiger partial charge on any atom is -0.495 e. The standard InChI is InChI=1S/C13H14ClN3O3S/c1-20-13-6-8(2-4-10(13)14)17-12-5-3-9(7-11(12)15)21(16,18)19/h2-7,17H,15H2,1H3,(H2,16,18,19). The molecule has 0 aromatic heterocycles. The van der Waals surface area contributed by atoms with E-state index in [0.29, 0.717) is 22.1 Å². The smallest absolute Gasteiger partial charge is 0.238 e. The van der Waals surface area contributed by atoms with Gasteiger partial charge in [-0.15, -0.1) is 0 Å². The molecule has 8 heteroatoms. The molecular weight excluding hydrogens is 314 g/mol. The van der Waals surface area contributed by atoms with Crippen molar-refractivity contribution in [2.75, 3.05) is 18.2 Å². The first-order valence-electron chi connectivity index (χ1n) is 5.84. The van der Waals surface area contributed by atoms with Crippen LogP contribution >= 0.6 is 11.6 Å². The Kier molecular flexibility index (Phi) is 4.26. The molecular formula is C13H14ClN3O3S. The lowest BCUT2D eigenvalue weighted by Gasteiger charge is -2.12. The van der Waals surface area contributed by atoms with Gasteiger partial charge in [0, 0.05) is 11.8 Å². The van der Waals surface area contributed by atoms with Crippen molar-refractivity contribution in [2.24, 2.45) is 5.14 Å². The summed E-state index contributed by atoms with van der Waals surface area (Å²) >= 11 is 5.94. The molecule has 0 bridgehead atoms. The van der Waals surface area contributed by atoms with Crippen LogP contribution in [0.2, 0.25) is 5.02 Å². The van der Waals surface area contributed by atoms with E-state index in [2.05, 4.69) is 5.32 Å². The molecule has 2 rings (SSSR count). The van der Waals surface area contributed by atoms with Crippen molar-refractivity contribution in [3.05, 3.63) is 41.4 Å². The molecule has 0 aliphatic carbocycles. The van der Waals surface area contributed by atoms with Crippen LogP contribution in [-0.4, -0.2) is 15.5 Å². The normalized spacial score (nSPS) is 11.2. The molecule has 0 unspecified atom stereocenters. The number of ether oxygens (including phenoxy) is 1. The van der Waals surface area contributed by atoms with Gasteiger partial charge < -0.3 is 15.8 Å². The van der Waals surface area contributed by atoms with Crippen LogP contribution in [0.5, 0.6) is 5.75 Å². The van der Waals surface area contributed by atoms with Crippen LogP contribution in [0, 0.1) is 0 Å². The summed E-state index contributed by atoms with van der Waals surface area (Å²) in [4.78, 5) is -0.0424. The van der Waals surface area contributed by atoms with E-state index in [9.17, 15) is 8.42 Å². The SMILES string of the molecule is COc1cc(Nc2ccc(S(N)(=O)=O)cc2N)ccc1Cl. The minimum atomic E-state index is -3.78. The highest BCUT2D eigenvalue weighted by Crippen LogP contribution is 2.31. The van der Waals surface area contributed by atoms with Crippen molar-refractivity contribution in [2.45, 2.75) is 4.90 Å². The molecule has 0 saturated carbocycles. The van der Waals surface area contributed by atoms with Crippen LogP contribution in [0.1, 0.15) is 0 Å². The molecule has 0 heterocycles. The van der Waals surface area contributed by atoms with Gasteiger partial charge >= 0.3 is 0 Å². The third-order valence-corrected chi connectivity index (χ3v) is 4.00. The van der Waals surface area contributed by atoms with Crippen molar-refractivity contribution in [3.8, 4) is 5.75 Å². The van der Waals surface area contributed by atoms with Gasteiger partial charge in [0.05, 0.1) is 28.4 Å². The van der Waals surface area contributed by atoms with Gasteiger partial charge in [-0.25, -0.2) is 13.6 Å². The van der Waals surface area contributed by atoms with Gasteiger partial charge in [0.2, 0.25) is 10.0 Å². The summed E-state index contributed by atoms with van der Waals surface area (Å²) < 4.78 is 27.6. The molecule has 0 radical (unpaired) electrons. The number of benzene rings is 2. The number of nitrogens with one attached hydrogen (secondary N) is 1. The molecule has 0 aliphatic heterocycles. The summed E-state index contributed by atoms with van der Waals surface area (Å²) in [6, 6.07) is 9.34. The molecule has 0 fully saturated rings. The van der Waals surface area contributed by atoms with E-state index >= 15 is 0 Å². The Morgan fingerprint density at radius 2 is 1.90 bits per heavy atom. The third kappa shape index (κ3) is 3.57. The van der Waals surface area contributed by atoms with E-state index in [1.165, 1.54) is 25.3 Å². The van der Waals surface area contributed by atoms with Gasteiger partial charge in [-0.05, 0) is 30.3 Å². The highest BCUT2D eigenvalue weighted by molar-refractivity contribution is 7.89. The Balaban J connectivity index is 2.32. The molecule has 6 nitrogen and oxygen atoms in total. The molecule has 0 saturated heterocycles. The lowest BCUT2D eigenvalue weighted by molar-refractivity contribution is 0.415. The van der Waals surface area contributed by atoms with Crippen LogP contribution in [0.15, 0.2) is 41.3 Å². The molecule has 112 valence electrons. The average Bonchev–Trinajstić information content (AvgIpc) is 2.42. The second-order valence-electron chi connectivity index (χ2n) is 4.27. The fraction of sp³-hybridized carbons (Fsp3) is 0.0769. The van der Waals surface area contributed by atoms with Crippen molar-refractivity contribution in [3.63, 3.8) is 0 Å². The number of anilines is 3. The molecule has 0 atom stereocenters. The van der Waals surface area contributed by atoms with E-state index in [4.69, 9.17) is 27.2 Å². The number of rotatable bonds is 4. The summed E-state index contributed by atoms with van der Waals surface area (Å²) in [5.74, 6) is 0.515. The van der Waals surface area contributed by atoms with E-state index in [1.807, 2.05) is 0 Å². The predicted molar refractivity (Wildman–Crippen MR) is 83.5 cm³/mol. The zero-order valence-corrected chi connectivity index (χ0v) is 12.7. The van der Waals surface area contributed by atoms with Crippen molar-refractivity contribution in [1.82, 2.24) is 0 Å². The quantitative estimate of drug-likeness (QED) is 0.747. The maximum Gasteiger partial charge on any atom is 0.238 e. The van der Waals surface area contributed by atoms with Crippen LogP contribution in [-0.2, 0) is 10.0 Å². The fourth-order valence-corrected chi connectivity index (χ4v) is 2.47. The highest BCUT2D eigenvalue weighted by atomic mass is 35.5. The maximum absolute atomic E-state index is 11.2. The molecule has 2 aromatic rings. The average molecular weight is 328 g/mol. The maximum atomic E-state index is 11.2. The fourth-order valence-electron chi connectivity index (χ4n) is 1.72. The summed E-state index contributed by atoms with van der Waals surface area (Å²) in [5.41, 5.74) is 7.33. The number of nitrogen functional groups attached to an aromatic ring is 1. The molecule has 0 aliphatic rings. The first kappa shape index (κ1) is 15.4. The molecule has 0 amide bonds. The zero-order chi connectivity index (χ0) is 15.6. The largest absolute Gasteiger partial charge is 0.495 e. The van der Waals surface area contributed by atoms with Gasteiger partial charge in [0.15, 0.2) is 0 Å². The number of hydrogen-bond donors (Lipinski definition) is 3. The summed E-state index contributed by atoms with van der Waals surface area (Å²) in [6.07, 6.45) is 0. The lowest BCUT2D eigenvalue weighted by Crippen LogP contribution is -2.12. The van der Waals surface area contributed by atoms with Gasteiger partial charge in [-0.2, -0.15) is 0 Å². The Morgan fingerprint density at radius 1 is 1.19 bits per heavy atom. The number of halogens is 1. The number of sulfonamides is 1. The lowest BCUT2D eigenvalue weighted by atomic mass is 10.2. The summed E-state index contributed by atoms with van der Waals surface area (Å²) in [7, 11) is -2.26. The highest BCUT2D eigenvalue weighted by Gasteiger charge is 2.10. The van der Waals surface area contributed by atoms with Crippen molar-refractivity contribution >= 4 is 38.7 Å². The number of hydrogen-bond acceptors (Lipinski definition) is 5. The minimum absolute atomic E-state index is 0.0424. The molecule has 2 aromatic carbocycles. The first-order valence-corrected chi connectivity index (χ1v) is 7.76. The predicted octanol–water partition coefficient (Wildman–Crippen LogP) is 2.32. The van der Waals surface area contributed by atoms with Gasteiger partial charge in [0.1, 0.15) is 5.75 Å². The Hall–Kier alpha value is -1.96. The van der Waals surface area contributed by atoms with Gasteiger partial charge in [0.25, 0.3) is 0 Å². The molecule has 21 heavy (non-hydrogen) atoms. The first-order chi connectivity index (χ1) is 9.81. The van der Waals surface area contributed by atoms with Crippen LogP contribution in [0.25, 0.3) is 0 Å². The topological polar surface area (TPSA) is 107 Å². The molecule has 0 spiro atoms. The monoisotopic (exact) mass is 327 g/mol. The van der Waals surface area contributed by atoms with Crippen molar-refractivity contribution < 1.29 is 13.2 Å². The van der Waals surface area contributed by atoms with E-state index in [0.717, 1.165) is 0 Å². The third-order valence-electron chi connectivity index (χ3n) is 2.78. The van der Waals surface area contributed by atoms with E-state index in [1.54, 1.807) is 18.2 Å². The van der Waals surface area contributed by atoms with E-state index < -0.39 is 10.0 Å². The van der Waals surface area contributed by atoms with Crippen LogP contribution in [0.4, 0.5) is 17.1 Å². The van der Waals surface area contributed by atoms with Gasteiger partial charge in [-0.1, -0.05) is 11.6 Å². The summed E-state index contributed by atoms with van der Waals surface area (Å²) in [5, 5.41) is 8.59.